The van der Waals surface area contributed by atoms with Crippen molar-refractivity contribution < 1.29 is 18.0 Å². The summed E-state index contributed by atoms with van der Waals surface area (Å²) in [6.45, 7) is 3.11. The lowest BCUT2D eigenvalue weighted by atomic mass is 10.00. The Kier molecular flexibility index (Phi) is 4.43. The second kappa shape index (κ2) is 5.49. The van der Waals surface area contributed by atoms with Gasteiger partial charge in [0, 0.05) is 6.20 Å². The molecule has 0 aliphatic rings. The Labute approximate surface area is 110 Å². The van der Waals surface area contributed by atoms with Crippen LogP contribution < -0.4 is 10.5 Å². The second-order valence-corrected chi connectivity index (χ2v) is 5.80. The van der Waals surface area contributed by atoms with E-state index >= 15 is 0 Å². The molecule has 0 aliphatic heterocycles. The first-order valence-electron chi connectivity index (χ1n) is 5.37. The fraction of sp³-hybridized carbons (Fsp3) is 0.400. The van der Waals surface area contributed by atoms with Crippen LogP contribution >= 0.6 is 0 Å². The van der Waals surface area contributed by atoms with Crippen LogP contribution in [0.15, 0.2) is 28.5 Å². The van der Waals surface area contributed by atoms with E-state index in [-0.39, 0.29) is 17.2 Å². The fourth-order valence-electron chi connectivity index (χ4n) is 1.31. The van der Waals surface area contributed by atoms with Crippen LogP contribution in [0.2, 0.25) is 0 Å². The SMILES string of the molecule is CCC(C)(NS(=O)(=O)c1cncc(F)c1)C(N)=NO. The standard InChI is InChI=1S/C10H15FN4O3S/c1-3-10(2,9(12)14-16)15-19(17,18)8-4-7(11)5-13-6-8/h4-6,15-16H,3H2,1-2H3,(H2,12,14). The van der Waals surface area contributed by atoms with Crippen LogP contribution in [0.4, 0.5) is 4.39 Å². The van der Waals surface area contributed by atoms with Crippen molar-refractivity contribution in [2.75, 3.05) is 0 Å². The van der Waals surface area contributed by atoms with Crippen LogP contribution in [0, 0.1) is 5.82 Å². The van der Waals surface area contributed by atoms with E-state index in [2.05, 4.69) is 14.9 Å². The molecular formula is C10H15FN4O3S. The van der Waals surface area contributed by atoms with Gasteiger partial charge in [-0.25, -0.2) is 12.8 Å². The number of amidine groups is 1. The number of sulfonamides is 1. The van der Waals surface area contributed by atoms with Gasteiger partial charge in [0.25, 0.3) is 0 Å². The number of nitrogens with two attached hydrogens (primary N) is 1. The van der Waals surface area contributed by atoms with Gasteiger partial charge in [-0.3, -0.25) is 4.98 Å². The molecule has 1 heterocycles. The molecule has 1 aromatic rings. The van der Waals surface area contributed by atoms with E-state index in [1.54, 1.807) is 6.92 Å². The minimum atomic E-state index is -4.03. The molecule has 0 saturated carbocycles. The molecule has 0 amide bonds. The molecule has 0 bridgehead atoms. The summed E-state index contributed by atoms with van der Waals surface area (Å²) in [6, 6.07) is 0.831. The zero-order valence-electron chi connectivity index (χ0n) is 10.5. The third-order valence-electron chi connectivity index (χ3n) is 2.73. The van der Waals surface area contributed by atoms with Gasteiger partial charge in [-0.05, 0) is 19.4 Å². The summed E-state index contributed by atoms with van der Waals surface area (Å²) in [5.41, 5.74) is 4.18. The Hall–Kier alpha value is -1.74. The average molecular weight is 290 g/mol. The summed E-state index contributed by atoms with van der Waals surface area (Å²) in [4.78, 5) is 3.13. The average Bonchev–Trinajstić information content (AvgIpc) is 2.37. The summed E-state index contributed by atoms with van der Waals surface area (Å²) in [7, 11) is -4.03. The van der Waals surface area contributed by atoms with Crippen molar-refractivity contribution in [3.8, 4) is 0 Å². The molecule has 1 rings (SSSR count). The molecule has 0 radical (unpaired) electrons. The van der Waals surface area contributed by atoms with E-state index in [4.69, 9.17) is 10.9 Å². The van der Waals surface area contributed by atoms with Gasteiger partial charge >= 0.3 is 0 Å². The molecule has 0 saturated heterocycles. The normalized spacial score (nSPS) is 16.1. The Balaban J connectivity index is 3.16. The Bertz CT molecular complexity index is 590. The zero-order chi connectivity index (χ0) is 14.7. The quantitative estimate of drug-likeness (QED) is 0.314. The fourth-order valence-corrected chi connectivity index (χ4v) is 2.74. The van der Waals surface area contributed by atoms with Gasteiger partial charge in [0.05, 0.1) is 11.7 Å². The maximum atomic E-state index is 13.0. The maximum absolute atomic E-state index is 13.0. The van der Waals surface area contributed by atoms with Crippen molar-refractivity contribution in [1.29, 1.82) is 0 Å². The summed E-state index contributed by atoms with van der Waals surface area (Å²) < 4.78 is 39.4. The summed E-state index contributed by atoms with van der Waals surface area (Å²) in [5.74, 6) is -1.06. The van der Waals surface area contributed by atoms with Crippen LogP contribution in [0.5, 0.6) is 0 Å². The van der Waals surface area contributed by atoms with Crippen molar-refractivity contribution in [3.05, 3.63) is 24.3 Å². The van der Waals surface area contributed by atoms with Crippen LogP contribution in [0.1, 0.15) is 20.3 Å². The molecule has 9 heteroatoms. The topological polar surface area (TPSA) is 118 Å². The van der Waals surface area contributed by atoms with Crippen LogP contribution in [0.25, 0.3) is 0 Å². The number of aromatic nitrogens is 1. The van der Waals surface area contributed by atoms with E-state index in [1.165, 1.54) is 6.92 Å². The molecule has 7 nitrogen and oxygen atoms in total. The molecular weight excluding hydrogens is 275 g/mol. The number of nitrogens with zero attached hydrogens (tertiary/aromatic N) is 2. The van der Waals surface area contributed by atoms with E-state index in [9.17, 15) is 12.8 Å². The van der Waals surface area contributed by atoms with E-state index in [0.717, 1.165) is 18.5 Å². The number of halogens is 1. The van der Waals surface area contributed by atoms with Crippen LogP contribution in [0.3, 0.4) is 0 Å². The lowest BCUT2D eigenvalue weighted by molar-refractivity contribution is 0.310. The lowest BCUT2D eigenvalue weighted by Gasteiger charge is -2.27. The summed E-state index contributed by atoms with van der Waals surface area (Å²) >= 11 is 0. The predicted molar refractivity (Wildman–Crippen MR) is 66.6 cm³/mol. The highest BCUT2D eigenvalue weighted by Crippen LogP contribution is 2.16. The highest BCUT2D eigenvalue weighted by molar-refractivity contribution is 7.89. The van der Waals surface area contributed by atoms with Crippen LogP contribution in [-0.2, 0) is 10.0 Å². The Morgan fingerprint density at radius 2 is 2.26 bits per heavy atom. The molecule has 4 N–H and O–H groups in total. The van der Waals surface area contributed by atoms with E-state index in [0.29, 0.717) is 0 Å². The molecule has 0 fully saturated rings. The molecule has 0 aliphatic carbocycles. The van der Waals surface area contributed by atoms with Crippen molar-refractivity contribution in [2.24, 2.45) is 10.9 Å². The molecule has 0 spiro atoms. The summed E-state index contributed by atoms with van der Waals surface area (Å²) in [5, 5.41) is 11.5. The molecule has 1 unspecified atom stereocenters. The Morgan fingerprint density at radius 3 is 2.74 bits per heavy atom. The molecule has 19 heavy (non-hydrogen) atoms. The molecule has 1 aromatic heterocycles. The number of hydrogen-bond acceptors (Lipinski definition) is 5. The largest absolute Gasteiger partial charge is 0.409 e. The Morgan fingerprint density at radius 1 is 1.63 bits per heavy atom. The lowest BCUT2D eigenvalue weighted by Crippen LogP contribution is -2.54. The van der Waals surface area contributed by atoms with Crippen molar-refractivity contribution in [3.63, 3.8) is 0 Å². The van der Waals surface area contributed by atoms with Gasteiger partial charge in [0.2, 0.25) is 10.0 Å². The maximum Gasteiger partial charge on any atom is 0.243 e. The van der Waals surface area contributed by atoms with Gasteiger partial charge in [0.1, 0.15) is 10.7 Å². The van der Waals surface area contributed by atoms with Gasteiger partial charge in [-0.15, -0.1) is 0 Å². The minimum Gasteiger partial charge on any atom is -0.409 e. The number of hydrogen-bond donors (Lipinski definition) is 3. The van der Waals surface area contributed by atoms with Crippen molar-refractivity contribution >= 4 is 15.9 Å². The third-order valence-corrected chi connectivity index (χ3v) is 4.29. The highest BCUT2D eigenvalue weighted by Gasteiger charge is 2.33. The smallest absolute Gasteiger partial charge is 0.243 e. The van der Waals surface area contributed by atoms with Gasteiger partial charge in [-0.2, -0.15) is 4.72 Å². The third kappa shape index (κ3) is 3.38. The number of pyridine rings is 1. The summed E-state index contributed by atoms with van der Waals surface area (Å²) in [6.07, 6.45) is 2.14. The van der Waals surface area contributed by atoms with Crippen molar-refractivity contribution in [1.82, 2.24) is 9.71 Å². The molecule has 0 aromatic carbocycles. The van der Waals surface area contributed by atoms with Gasteiger partial charge in [-0.1, -0.05) is 12.1 Å². The first-order valence-corrected chi connectivity index (χ1v) is 6.86. The minimum absolute atomic E-state index is 0.241. The first-order chi connectivity index (χ1) is 8.75. The van der Waals surface area contributed by atoms with E-state index in [1.807, 2.05) is 0 Å². The monoisotopic (exact) mass is 290 g/mol. The number of rotatable bonds is 5. The second-order valence-electron chi connectivity index (χ2n) is 4.12. The van der Waals surface area contributed by atoms with Gasteiger partial charge in [0.15, 0.2) is 5.84 Å². The molecule has 1 atom stereocenters. The predicted octanol–water partition coefficient (Wildman–Crippen LogP) is 0.414. The number of nitrogens with one attached hydrogen (secondary N) is 1. The van der Waals surface area contributed by atoms with Crippen LogP contribution in [-0.4, -0.2) is 30.0 Å². The highest BCUT2D eigenvalue weighted by atomic mass is 32.2. The van der Waals surface area contributed by atoms with E-state index < -0.39 is 21.4 Å². The first kappa shape index (κ1) is 15.3. The zero-order valence-corrected chi connectivity index (χ0v) is 11.3. The number of oxime groups is 1. The van der Waals surface area contributed by atoms with Gasteiger partial charge < -0.3 is 10.9 Å². The van der Waals surface area contributed by atoms with Crippen molar-refractivity contribution in [2.45, 2.75) is 30.7 Å². The molecule has 106 valence electrons.